The quantitative estimate of drug-likeness (QED) is 0.356. The number of guanidine groups is 1. The highest BCUT2D eigenvalue weighted by atomic mass is 79.9. The molecule has 2 heterocycles. The van der Waals surface area contributed by atoms with E-state index in [1.807, 2.05) is 6.92 Å². The Morgan fingerprint density at radius 2 is 2.04 bits per heavy atom. The number of piperazine rings is 1. The third kappa shape index (κ3) is 6.80. The highest BCUT2D eigenvalue weighted by Crippen LogP contribution is 2.23. The van der Waals surface area contributed by atoms with E-state index in [9.17, 15) is 0 Å². The van der Waals surface area contributed by atoms with Crippen LogP contribution in [0.4, 0.5) is 5.95 Å². The maximum atomic E-state index is 5.38. The van der Waals surface area contributed by atoms with E-state index in [0.29, 0.717) is 11.8 Å². The number of methoxy groups -OCH3 is 1. The van der Waals surface area contributed by atoms with Gasteiger partial charge in [-0.2, -0.15) is 4.98 Å². The smallest absolute Gasteiger partial charge is 0.232 e. The Bertz CT molecular complexity index is 593. The Labute approximate surface area is 170 Å². The van der Waals surface area contributed by atoms with Gasteiger partial charge >= 0.3 is 0 Å². The fourth-order valence-corrected chi connectivity index (χ4v) is 3.18. The summed E-state index contributed by atoms with van der Waals surface area (Å²) in [4.78, 5) is 18.1. The van der Waals surface area contributed by atoms with Crippen molar-refractivity contribution in [2.45, 2.75) is 26.7 Å². The van der Waals surface area contributed by atoms with Gasteiger partial charge in [-0.15, -0.1) is 0 Å². The summed E-state index contributed by atoms with van der Waals surface area (Å²) in [6.07, 6.45) is 3.83. The van der Waals surface area contributed by atoms with Crippen molar-refractivity contribution < 1.29 is 9.47 Å². The van der Waals surface area contributed by atoms with E-state index in [0.717, 1.165) is 75.8 Å². The van der Waals surface area contributed by atoms with E-state index in [4.69, 9.17) is 14.5 Å². The minimum absolute atomic E-state index is 0.560. The van der Waals surface area contributed by atoms with Crippen molar-refractivity contribution in [2.75, 3.05) is 64.5 Å². The number of nitrogens with one attached hydrogen (secondary N) is 1. The molecule has 0 bridgehead atoms. The first kappa shape index (κ1) is 21.7. The molecule has 1 aliphatic heterocycles. The largest absolute Gasteiger partial charge is 0.480 e. The van der Waals surface area contributed by atoms with Gasteiger partial charge in [0.1, 0.15) is 0 Å². The fourth-order valence-electron chi connectivity index (χ4n) is 2.83. The number of ether oxygens (including phenoxy) is 2. The number of anilines is 1. The number of hydrogen-bond acceptors (Lipinski definition) is 6. The summed E-state index contributed by atoms with van der Waals surface area (Å²) >= 11 is 3.40. The Hall–Kier alpha value is -1.61. The standard InChI is InChI=1S/C18H31BrN6O2/c1-4-20-17(21-8-6-7-13-27-5-2)24-9-11-25(12-10-24)18-22-14-15(19)16(23-18)26-3/h14H,4-13H2,1-3H3,(H,20,21). The monoisotopic (exact) mass is 442 g/mol. The van der Waals surface area contributed by atoms with Crippen molar-refractivity contribution in [1.82, 2.24) is 20.2 Å². The second-order valence-corrected chi connectivity index (χ2v) is 7.00. The van der Waals surface area contributed by atoms with Crippen molar-refractivity contribution in [3.05, 3.63) is 10.7 Å². The van der Waals surface area contributed by atoms with Crippen LogP contribution in [0.2, 0.25) is 0 Å². The maximum absolute atomic E-state index is 5.38. The topological polar surface area (TPSA) is 75.1 Å². The van der Waals surface area contributed by atoms with E-state index in [1.54, 1.807) is 13.3 Å². The molecule has 1 saturated heterocycles. The molecule has 9 heteroatoms. The molecular formula is C18H31BrN6O2. The Balaban J connectivity index is 1.87. The zero-order valence-electron chi connectivity index (χ0n) is 16.6. The molecule has 0 spiro atoms. The zero-order chi connectivity index (χ0) is 19.5. The number of hydrogen-bond donors (Lipinski definition) is 1. The second-order valence-electron chi connectivity index (χ2n) is 6.14. The second kappa shape index (κ2) is 12.0. The Kier molecular flexibility index (Phi) is 9.61. The molecule has 2 rings (SSSR count). The lowest BCUT2D eigenvalue weighted by atomic mass is 10.3. The zero-order valence-corrected chi connectivity index (χ0v) is 18.2. The molecule has 27 heavy (non-hydrogen) atoms. The first-order valence-corrected chi connectivity index (χ1v) is 10.4. The van der Waals surface area contributed by atoms with Crippen molar-refractivity contribution >= 4 is 27.8 Å². The molecule has 8 nitrogen and oxygen atoms in total. The molecule has 0 aliphatic carbocycles. The molecule has 0 atom stereocenters. The summed E-state index contributed by atoms with van der Waals surface area (Å²) in [5.41, 5.74) is 0. The number of nitrogens with zero attached hydrogens (tertiary/aromatic N) is 5. The van der Waals surface area contributed by atoms with Crippen LogP contribution < -0.4 is 15.0 Å². The van der Waals surface area contributed by atoms with Gasteiger partial charge in [-0.05, 0) is 42.6 Å². The molecular weight excluding hydrogens is 412 g/mol. The van der Waals surface area contributed by atoms with Gasteiger partial charge in [0.2, 0.25) is 11.8 Å². The van der Waals surface area contributed by atoms with Crippen LogP contribution >= 0.6 is 15.9 Å². The van der Waals surface area contributed by atoms with E-state index in [1.165, 1.54) is 0 Å². The molecule has 1 fully saturated rings. The normalized spacial score (nSPS) is 15.2. The summed E-state index contributed by atoms with van der Waals surface area (Å²) in [6, 6.07) is 0. The predicted molar refractivity (Wildman–Crippen MR) is 112 cm³/mol. The van der Waals surface area contributed by atoms with E-state index >= 15 is 0 Å². The highest BCUT2D eigenvalue weighted by molar-refractivity contribution is 9.10. The molecule has 1 aliphatic rings. The number of unbranched alkanes of at least 4 members (excludes halogenated alkanes) is 1. The van der Waals surface area contributed by atoms with Crippen molar-refractivity contribution in [2.24, 2.45) is 4.99 Å². The minimum atomic E-state index is 0.560. The summed E-state index contributed by atoms with van der Waals surface area (Å²) in [5, 5.41) is 3.40. The number of rotatable bonds is 9. The summed E-state index contributed by atoms with van der Waals surface area (Å²) < 4.78 is 11.4. The van der Waals surface area contributed by atoms with Crippen LogP contribution in [-0.2, 0) is 4.74 Å². The van der Waals surface area contributed by atoms with Crippen molar-refractivity contribution in [1.29, 1.82) is 0 Å². The SMILES string of the molecule is CCNC(=NCCCCOCC)N1CCN(c2ncc(Br)c(OC)n2)CC1. The molecule has 152 valence electrons. The van der Waals surface area contributed by atoms with Crippen LogP contribution in [0, 0.1) is 0 Å². The van der Waals surface area contributed by atoms with Gasteiger partial charge in [-0.1, -0.05) is 0 Å². The lowest BCUT2D eigenvalue weighted by molar-refractivity contribution is 0.144. The van der Waals surface area contributed by atoms with Crippen molar-refractivity contribution in [3.63, 3.8) is 0 Å². The third-order valence-corrected chi connectivity index (χ3v) is 4.80. The number of aromatic nitrogens is 2. The minimum Gasteiger partial charge on any atom is -0.480 e. The average molecular weight is 443 g/mol. The van der Waals surface area contributed by atoms with Gasteiger partial charge in [-0.25, -0.2) is 4.98 Å². The maximum Gasteiger partial charge on any atom is 0.232 e. The summed E-state index contributed by atoms with van der Waals surface area (Å²) in [5.74, 6) is 2.25. The lowest BCUT2D eigenvalue weighted by Gasteiger charge is -2.36. The van der Waals surface area contributed by atoms with Crippen LogP contribution in [0.15, 0.2) is 15.7 Å². The molecule has 1 aromatic rings. The molecule has 0 radical (unpaired) electrons. The summed E-state index contributed by atoms with van der Waals surface area (Å²) in [6.45, 7) is 10.9. The van der Waals surface area contributed by atoms with Gasteiger partial charge < -0.3 is 24.6 Å². The fraction of sp³-hybridized carbons (Fsp3) is 0.722. The van der Waals surface area contributed by atoms with Crippen LogP contribution in [-0.4, -0.2) is 80.4 Å². The molecule has 0 unspecified atom stereocenters. The van der Waals surface area contributed by atoms with E-state index in [2.05, 4.69) is 47.9 Å². The first-order valence-electron chi connectivity index (χ1n) is 9.62. The van der Waals surface area contributed by atoms with E-state index < -0.39 is 0 Å². The van der Waals surface area contributed by atoms with Crippen LogP contribution in [0.1, 0.15) is 26.7 Å². The highest BCUT2D eigenvalue weighted by Gasteiger charge is 2.22. The predicted octanol–water partition coefficient (Wildman–Crippen LogP) is 2.15. The van der Waals surface area contributed by atoms with E-state index in [-0.39, 0.29) is 0 Å². The molecule has 1 aromatic heterocycles. The van der Waals surface area contributed by atoms with Gasteiger partial charge in [0.15, 0.2) is 5.96 Å². The van der Waals surface area contributed by atoms with Crippen LogP contribution in [0.25, 0.3) is 0 Å². The van der Waals surface area contributed by atoms with Crippen LogP contribution in [0.5, 0.6) is 5.88 Å². The first-order chi connectivity index (χ1) is 13.2. The number of aliphatic imine (C=N–C) groups is 1. The Morgan fingerprint density at radius 3 is 2.70 bits per heavy atom. The van der Waals surface area contributed by atoms with Gasteiger partial charge in [0.05, 0.1) is 17.8 Å². The Morgan fingerprint density at radius 1 is 1.26 bits per heavy atom. The molecule has 0 aromatic carbocycles. The molecule has 0 amide bonds. The number of halogens is 1. The molecule has 1 N–H and O–H groups in total. The third-order valence-electron chi connectivity index (χ3n) is 4.25. The lowest BCUT2D eigenvalue weighted by Crippen LogP contribution is -2.53. The average Bonchev–Trinajstić information content (AvgIpc) is 2.70. The van der Waals surface area contributed by atoms with Gasteiger partial charge in [0, 0.05) is 52.5 Å². The summed E-state index contributed by atoms with van der Waals surface area (Å²) in [7, 11) is 1.61. The molecule has 0 saturated carbocycles. The van der Waals surface area contributed by atoms with Gasteiger partial charge in [0.25, 0.3) is 0 Å². The van der Waals surface area contributed by atoms with Crippen LogP contribution in [0.3, 0.4) is 0 Å². The van der Waals surface area contributed by atoms with Gasteiger partial charge in [-0.3, -0.25) is 4.99 Å². The van der Waals surface area contributed by atoms with Crippen molar-refractivity contribution in [3.8, 4) is 5.88 Å².